The fourth-order valence-corrected chi connectivity index (χ4v) is 2.00. The summed E-state index contributed by atoms with van der Waals surface area (Å²) in [4.78, 5) is 22.8. The predicted molar refractivity (Wildman–Crippen MR) is 75.0 cm³/mol. The van der Waals surface area contributed by atoms with Gasteiger partial charge in [0.25, 0.3) is 0 Å². The smallest absolute Gasteiger partial charge is 0.305 e. The fourth-order valence-electron chi connectivity index (χ4n) is 2.00. The van der Waals surface area contributed by atoms with E-state index in [-0.39, 0.29) is 18.0 Å². The highest BCUT2D eigenvalue weighted by atomic mass is 19.2. The number of ether oxygens (including phenoxy) is 1. The second-order valence-electron chi connectivity index (χ2n) is 4.74. The van der Waals surface area contributed by atoms with Gasteiger partial charge in [0.05, 0.1) is 12.2 Å². The molecule has 1 aromatic carbocycles. The summed E-state index contributed by atoms with van der Waals surface area (Å²) in [6, 6.07) is 3.61. The predicted octanol–water partition coefficient (Wildman–Crippen LogP) is 4.05. The van der Waals surface area contributed by atoms with Crippen LogP contribution in [0.1, 0.15) is 55.8 Å². The minimum atomic E-state index is -1.08. The van der Waals surface area contributed by atoms with Gasteiger partial charge < -0.3 is 4.74 Å². The summed E-state index contributed by atoms with van der Waals surface area (Å²) in [6.45, 7) is 2.14. The average molecular weight is 298 g/mol. The van der Waals surface area contributed by atoms with Crippen molar-refractivity contribution in [3.05, 3.63) is 35.4 Å². The van der Waals surface area contributed by atoms with Gasteiger partial charge in [0.1, 0.15) is 0 Å². The van der Waals surface area contributed by atoms with Crippen molar-refractivity contribution in [2.45, 2.75) is 45.4 Å². The third-order valence-corrected chi connectivity index (χ3v) is 3.09. The van der Waals surface area contributed by atoms with Crippen LogP contribution in [0.15, 0.2) is 18.2 Å². The first-order valence-electron chi connectivity index (χ1n) is 7.19. The van der Waals surface area contributed by atoms with Crippen LogP contribution in [-0.2, 0) is 9.53 Å². The summed E-state index contributed by atoms with van der Waals surface area (Å²) in [5.41, 5.74) is -0.193. The van der Waals surface area contributed by atoms with E-state index in [0.29, 0.717) is 25.9 Å². The Labute approximate surface area is 123 Å². The molecule has 3 nitrogen and oxygen atoms in total. The molecule has 0 N–H and O–H groups in total. The molecule has 0 aliphatic rings. The first kappa shape index (κ1) is 17.3. The van der Waals surface area contributed by atoms with Crippen LogP contribution in [0, 0.1) is 11.6 Å². The molecule has 0 heterocycles. The summed E-state index contributed by atoms with van der Waals surface area (Å²) in [5, 5.41) is 0. The van der Waals surface area contributed by atoms with Gasteiger partial charge in [-0.2, -0.15) is 0 Å². The van der Waals surface area contributed by atoms with E-state index in [1.54, 1.807) is 6.92 Å². The number of rotatable bonds is 9. The molecule has 1 rings (SSSR count). The van der Waals surface area contributed by atoms with Crippen molar-refractivity contribution in [2.75, 3.05) is 6.61 Å². The lowest BCUT2D eigenvalue weighted by atomic mass is 10.0. The van der Waals surface area contributed by atoms with E-state index in [1.807, 2.05) is 0 Å². The highest BCUT2D eigenvalue weighted by Crippen LogP contribution is 2.15. The summed E-state index contributed by atoms with van der Waals surface area (Å²) in [5.74, 6) is -2.69. The van der Waals surface area contributed by atoms with Crippen molar-refractivity contribution in [2.24, 2.45) is 0 Å². The van der Waals surface area contributed by atoms with Crippen molar-refractivity contribution in [3.8, 4) is 0 Å². The molecule has 21 heavy (non-hydrogen) atoms. The van der Waals surface area contributed by atoms with Gasteiger partial charge in [-0.1, -0.05) is 18.9 Å². The number of Topliss-reactive ketones (excluding diaryl/α,β-unsaturated/α-hetero) is 1. The Morgan fingerprint density at radius 1 is 1.05 bits per heavy atom. The van der Waals surface area contributed by atoms with Crippen molar-refractivity contribution < 1.29 is 23.1 Å². The maximum Gasteiger partial charge on any atom is 0.305 e. The minimum Gasteiger partial charge on any atom is -0.466 e. The summed E-state index contributed by atoms with van der Waals surface area (Å²) in [6.07, 6.45) is 3.43. The number of hydrogen-bond donors (Lipinski definition) is 0. The molecule has 5 heteroatoms. The molecule has 0 atom stereocenters. The zero-order chi connectivity index (χ0) is 15.7. The zero-order valence-electron chi connectivity index (χ0n) is 12.2. The highest BCUT2D eigenvalue weighted by Gasteiger charge is 2.14. The molecule has 0 amide bonds. The van der Waals surface area contributed by atoms with E-state index in [4.69, 9.17) is 4.74 Å². The first-order valence-corrected chi connectivity index (χ1v) is 7.19. The van der Waals surface area contributed by atoms with Crippen LogP contribution in [0.25, 0.3) is 0 Å². The molecule has 0 bridgehead atoms. The Hall–Kier alpha value is -1.78. The van der Waals surface area contributed by atoms with Crippen LogP contribution in [-0.4, -0.2) is 18.4 Å². The molecule has 0 fully saturated rings. The van der Waals surface area contributed by atoms with E-state index >= 15 is 0 Å². The van der Waals surface area contributed by atoms with Crippen LogP contribution in [0.4, 0.5) is 8.78 Å². The maximum absolute atomic E-state index is 13.4. The van der Waals surface area contributed by atoms with Gasteiger partial charge in [0, 0.05) is 12.8 Å². The van der Waals surface area contributed by atoms with Gasteiger partial charge in [-0.3, -0.25) is 9.59 Å². The van der Waals surface area contributed by atoms with Crippen molar-refractivity contribution in [1.82, 2.24) is 0 Å². The summed E-state index contributed by atoms with van der Waals surface area (Å²) >= 11 is 0. The molecule has 0 unspecified atom stereocenters. The molecule has 0 aromatic heterocycles. The molecule has 0 saturated carbocycles. The number of esters is 1. The van der Waals surface area contributed by atoms with Gasteiger partial charge in [0.2, 0.25) is 0 Å². The van der Waals surface area contributed by atoms with E-state index in [1.165, 1.54) is 12.1 Å². The second kappa shape index (κ2) is 9.21. The molecule has 1 aromatic rings. The van der Waals surface area contributed by atoms with E-state index in [2.05, 4.69) is 0 Å². The van der Waals surface area contributed by atoms with Crippen LogP contribution in [0.5, 0.6) is 0 Å². The van der Waals surface area contributed by atoms with Crippen molar-refractivity contribution in [1.29, 1.82) is 0 Å². The largest absolute Gasteiger partial charge is 0.466 e. The Bertz CT molecular complexity index is 486. The number of carbonyl (C=O) groups excluding carboxylic acids is 2. The Balaban J connectivity index is 2.22. The molecular formula is C16H20F2O3. The number of hydrogen-bond acceptors (Lipinski definition) is 3. The molecule has 0 aliphatic heterocycles. The van der Waals surface area contributed by atoms with Crippen LogP contribution in [0.2, 0.25) is 0 Å². The lowest BCUT2D eigenvalue weighted by Crippen LogP contribution is -2.04. The Kier molecular flexibility index (Phi) is 7.58. The monoisotopic (exact) mass is 298 g/mol. The third-order valence-electron chi connectivity index (χ3n) is 3.09. The fraction of sp³-hybridized carbons (Fsp3) is 0.500. The quantitative estimate of drug-likeness (QED) is 0.392. The van der Waals surface area contributed by atoms with Crippen LogP contribution in [0.3, 0.4) is 0 Å². The lowest BCUT2D eigenvalue weighted by molar-refractivity contribution is -0.143. The van der Waals surface area contributed by atoms with E-state index in [9.17, 15) is 18.4 Å². The molecular weight excluding hydrogens is 278 g/mol. The number of benzene rings is 1. The number of carbonyl (C=O) groups is 2. The average Bonchev–Trinajstić information content (AvgIpc) is 2.45. The normalized spacial score (nSPS) is 10.4. The number of ketones is 1. The summed E-state index contributed by atoms with van der Waals surface area (Å²) < 4.78 is 31.2. The van der Waals surface area contributed by atoms with Crippen molar-refractivity contribution >= 4 is 11.8 Å². The number of unbranched alkanes of at least 4 members (excludes halogenated alkanes) is 3. The number of halogens is 2. The molecule has 116 valence electrons. The van der Waals surface area contributed by atoms with Crippen LogP contribution < -0.4 is 0 Å². The standard InChI is InChI=1S/C16H20F2O3/c1-2-21-15(20)11-6-4-3-5-10-14(19)12-8-7-9-13(17)16(12)18/h7-9H,2-6,10-11H2,1H3. The van der Waals surface area contributed by atoms with Crippen LogP contribution >= 0.6 is 0 Å². The molecule has 0 spiro atoms. The van der Waals surface area contributed by atoms with Gasteiger partial charge in [-0.15, -0.1) is 0 Å². The topological polar surface area (TPSA) is 43.4 Å². The maximum atomic E-state index is 13.4. The zero-order valence-corrected chi connectivity index (χ0v) is 12.2. The Morgan fingerprint density at radius 2 is 1.71 bits per heavy atom. The lowest BCUT2D eigenvalue weighted by Gasteiger charge is -2.04. The molecule has 0 saturated heterocycles. The minimum absolute atomic E-state index is 0.180. The molecule has 0 aliphatic carbocycles. The van der Waals surface area contributed by atoms with Crippen molar-refractivity contribution in [3.63, 3.8) is 0 Å². The second-order valence-corrected chi connectivity index (χ2v) is 4.74. The van der Waals surface area contributed by atoms with E-state index in [0.717, 1.165) is 18.9 Å². The summed E-state index contributed by atoms with van der Waals surface area (Å²) in [7, 11) is 0. The van der Waals surface area contributed by atoms with Gasteiger partial charge in [0.15, 0.2) is 17.4 Å². The SMILES string of the molecule is CCOC(=O)CCCCCCC(=O)c1cccc(F)c1F. The first-order chi connectivity index (χ1) is 10.1. The van der Waals surface area contributed by atoms with Gasteiger partial charge >= 0.3 is 5.97 Å². The molecule has 0 radical (unpaired) electrons. The third kappa shape index (κ3) is 6.02. The van der Waals surface area contributed by atoms with Gasteiger partial charge in [-0.25, -0.2) is 8.78 Å². The Morgan fingerprint density at radius 3 is 2.38 bits per heavy atom. The van der Waals surface area contributed by atoms with E-state index < -0.39 is 17.4 Å². The van der Waals surface area contributed by atoms with Gasteiger partial charge in [-0.05, 0) is 31.9 Å². The highest BCUT2D eigenvalue weighted by molar-refractivity contribution is 5.96.